The van der Waals surface area contributed by atoms with Crippen molar-refractivity contribution in [1.29, 1.82) is 0 Å². The van der Waals surface area contributed by atoms with E-state index in [-0.39, 0.29) is 29.9 Å². The molecule has 48 heavy (non-hydrogen) atoms. The van der Waals surface area contributed by atoms with Crippen LogP contribution in [0.25, 0.3) is 0 Å². The van der Waals surface area contributed by atoms with E-state index >= 15 is 0 Å². The summed E-state index contributed by atoms with van der Waals surface area (Å²) in [5, 5.41) is 8.86. The van der Waals surface area contributed by atoms with Crippen molar-refractivity contribution in [1.82, 2.24) is 20.9 Å². The van der Waals surface area contributed by atoms with Crippen LogP contribution >= 0.6 is 0 Å². The number of nitrogens with one attached hydrogen (secondary N) is 3. The van der Waals surface area contributed by atoms with Crippen LogP contribution in [0.4, 0.5) is 5.82 Å². The number of carbonyl (C=O) groups excluding carboxylic acids is 3. The van der Waals surface area contributed by atoms with Crippen molar-refractivity contribution in [2.75, 3.05) is 37.7 Å². The van der Waals surface area contributed by atoms with E-state index < -0.39 is 36.5 Å². The second-order valence-corrected chi connectivity index (χ2v) is 15.2. The highest BCUT2D eigenvalue weighted by atomic mass is 16.7. The van der Waals surface area contributed by atoms with Crippen LogP contribution in [0.3, 0.4) is 0 Å². The number of anilines is 1. The van der Waals surface area contributed by atoms with Gasteiger partial charge in [0.25, 0.3) is 11.8 Å². The number of hydrogen-bond acceptors (Lipinski definition) is 8. The number of morpholine rings is 1. The molecule has 3 N–H and O–H groups in total. The number of aromatic nitrogens is 1. The van der Waals surface area contributed by atoms with Gasteiger partial charge in [0.2, 0.25) is 5.91 Å². The second-order valence-electron chi connectivity index (χ2n) is 15.2. The number of ether oxygens (including phenoxy) is 1. The number of benzene rings is 1. The monoisotopic (exact) mass is 659 g/mol. The number of nitrogens with zero attached hydrogens (tertiary/aromatic N) is 2. The van der Waals surface area contributed by atoms with Crippen molar-refractivity contribution >= 4 is 30.7 Å². The number of amides is 3. The first-order valence-corrected chi connectivity index (χ1v) is 17.4. The van der Waals surface area contributed by atoms with E-state index in [9.17, 15) is 14.4 Å². The number of pyridine rings is 1. The van der Waals surface area contributed by atoms with E-state index in [0.717, 1.165) is 37.3 Å². The maximum absolute atomic E-state index is 14.1. The molecule has 3 amide bonds. The molecule has 12 heteroatoms. The van der Waals surface area contributed by atoms with Gasteiger partial charge in [-0.3, -0.25) is 14.4 Å². The lowest BCUT2D eigenvalue weighted by molar-refractivity contribution is -0.199. The molecule has 258 valence electrons. The first kappa shape index (κ1) is 34.4. The standard InChI is InChI=1S/C36H50BN5O6/c1-22(2)17-30(37-47-29-19-26-18-28(35(26,4)5)36(29,6)48-37)41-34(45)27(21-39-32(43)24-9-7-23(3)8-10-24)40-33(44)25-11-12-31(38-20-25)42-13-15-46-16-14-42/h7-12,20,22,26-30H,13-19,21H2,1-6H3,(H,39,43)(H,40,44)(H,41,45)/t26-,27+,28+,29-,30+,36+/m1/s1. The number of rotatable bonds is 11. The molecule has 2 bridgehead atoms. The Bertz CT molecular complexity index is 1480. The van der Waals surface area contributed by atoms with Crippen molar-refractivity contribution in [3.05, 3.63) is 59.3 Å². The molecule has 0 spiro atoms. The van der Waals surface area contributed by atoms with Crippen LogP contribution in [0.15, 0.2) is 42.6 Å². The van der Waals surface area contributed by atoms with E-state index in [1.54, 1.807) is 24.3 Å². The minimum atomic E-state index is -1.06. The van der Waals surface area contributed by atoms with Gasteiger partial charge >= 0.3 is 7.12 Å². The van der Waals surface area contributed by atoms with Crippen molar-refractivity contribution in [2.45, 2.75) is 84.5 Å². The molecule has 5 fully saturated rings. The molecular formula is C36H50BN5O6. The molecule has 2 saturated heterocycles. The van der Waals surface area contributed by atoms with Gasteiger partial charge in [0.05, 0.1) is 36.4 Å². The van der Waals surface area contributed by atoms with Crippen molar-refractivity contribution in [3.63, 3.8) is 0 Å². The predicted molar refractivity (Wildman–Crippen MR) is 184 cm³/mol. The van der Waals surface area contributed by atoms with E-state index in [1.807, 2.05) is 19.1 Å². The van der Waals surface area contributed by atoms with Crippen LogP contribution in [0.2, 0.25) is 0 Å². The van der Waals surface area contributed by atoms with Crippen molar-refractivity contribution < 1.29 is 28.4 Å². The van der Waals surface area contributed by atoms with Gasteiger partial charge in [-0.15, -0.1) is 0 Å². The molecule has 3 heterocycles. The van der Waals surface area contributed by atoms with Gasteiger partial charge in [0.1, 0.15) is 11.9 Å². The molecule has 3 aliphatic carbocycles. The molecule has 0 unspecified atom stereocenters. The minimum absolute atomic E-state index is 0.0249. The van der Waals surface area contributed by atoms with E-state index in [1.165, 1.54) is 6.20 Å². The molecule has 11 nitrogen and oxygen atoms in total. The smallest absolute Gasteiger partial charge is 0.404 e. The highest BCUT2D eigenvalue weighted by Crippen LogP contribution is 2.65. The topological polar surface area (TPSA) is 131 Å². The highest BCUT2D eigenvalue weighted by molar-refractivity contribution is 6.48. The van der Waals surface area contributed by atoms with Gasteiger partial charge in [0, 0.05) is 31.4 Å². The molecule has 1 aromatic carbocycles. The molecule has 3 saturated carbocycles. The fourth-order valence-corrected chi connectivity index (χ4v) is 8.05. The summed E-state index contributed by atoms with van der Waals surface area (Å²) in [6.45, 7) is 15.5. The van der Waals surface area contributed by atoms with Gasteiger partial charge < -0.3 is 34.9 Å². The van der Waals surface area contributed by atoms with Gasteiger partial charge in [0.15, 0.2) is 0 Å². The Balaban J connectivity index is 1.17. The molecule has 7 rings (SSSR count). The Morgan fingerprint density at radius 3 is 2.33 bits per heavy atom. The van der Waals surface area contributed by atoms with Crippen molar-refractivity contribution in [3.8, 4) is 0 Å². The zero-order chi connectivity index (χ0) is 34.2. The van der Waals surface area contributed by atoms with Crippen LogP contribution < -0.4 is 20.9 Å². The van der Waals surface area contributed by atoms with Gasteiger partial charge in [-0.1, -0.05) is 45.4 Å². The van der Waals surface area contributed by atoms with Crippen molar-refractivity contribution in [2.24, 2.45) is 23.2 Å². The lowest BCUT2D eigenvalue weighted by Crippen LogP contribution is -2.65. The summed E-state index contributed by atoms with van der Waals surface area (Å²) in [5.41, 5.74) is 1.59. The van der Waals surface area contributed by atoms with Gasteiger partial charge in [-0.05, 0) is 80.5 Å². The predicted octanol–water partition coefficient (Wildman–Crippen LogP) is 3.55. The summed E-state index contributed by atoms with van der Waals surface area (Å²) >= 11 is 0. The third-order valence-corrected chi connectivity index (χ3v) is 11.1. The number of aryl methyl sites for hydroxylation is 1. The van der Waals surface area contributed by atoms with E-state index in [2.05, 4.69) is 60.5 Å². The molecule has 5 aliphatic rings. The summed E-state index contributed by atoms with van der Waals surface area (Å²) in [5.74, 6) is 0.339. The third kappa shape index (κ3) is 6.98. The lowest BCUT2D eigenvalue weighted by atomic mass is 9.43. The molecule has 6 atom stereocenters. The maximum Gasteiger partial charge on any atom is 0.481 e. The molecule has 2 aromatic rings. The average molecular weight is 660 g/mol. The van der Waals surface area contributed by atoms with E-state index in [4.69, 9.17) is 14.0 Å². The first-order chi connectivity index (χ1) is 22.8. The molecule has 2 aliphatic heterocycles. The summed E-state index contributed by atoms with van der Waals surface area (Å²) in [7, 11) is -0.614. The minimum Gasteiger partial charge on any atom is -0.404 e. The Hall–Kier alpha value is -3.48. The van der Waals surface area contributed by atoms with Crippen LogP contribution in [0.5, 0.6) is 0 Å². The summed E-state index contributed by atoms with van der Waals surface area (Å²) in [4.78, 5) is 47.2. The SMILES string of the molecule is Cc1ccc(C(=O)NC[C@H](NC(=O)c2ccc(N3CCOCC3)nc2)C(=O)N[C@@H](CC(C)C)B2O[C@@H]3C[C@H]4C[C@@H](C4(C)C)[C@]3(C)O2)cc1. The van der Waals surface area contributed by atoms with Crippen LogP contribution in [-0.4, -0.2) is 86.4 Å². The Morgan fingerprint density at radius 2 is 1.69 bits per heavy atom. The number of carbonyl (C=O) groups is 3. The van der Waals surface area contributed by atoms with Gasteiger partial charge in [-0.25, -0.2) is 4.98 Å². The molecular weight excluding hydrogens is 609 g/mol. The van der Waals surface area contributed by atoms with Gasteiger partial charge in [-0.2, -0.15) is 0 Å². The Kier molecular flexibility index (Phi) is 9.89. The summed E-state index contributed by atoms with van der Waals surface area (Å²) < 4.78 is 18.7. The van der Waals surface area contributed by atoms with Crippen LogP contribution in [0.1, 0.15) is 80.2 Å². The zero-order valence-corrected chi connectivity index (χ0v) is 29.1. The Labute approximate surface area is 284 Å². The molecule has 1 aromatic heterocycles. The number of hydrogen-bond donors (Lipinski definition) is 3. The lowest BCUT2D eigenvalue weighted by Gasteiger charge is -2.64. The quantitative estimate of drug-likeness (QED) is 0.313. The zero-order valence-electron chi connectivity index (χ0n) is 29.1. The second kappa shape index (κ2) is 13.8. The third-order valence-electron chi connectivity index (χ3n) is 11.1. The summed E-state index contributed by atoms with van der Waals surface area (Å²) in [6, 6.07) is 9.62. The van der Waals surface area contributed by atoms with Crippen LogP contribution in [-0.2, 0) is 18.8 Å². The van der Waals surface area contributed by atoms with Crippen LogP contribution in [0, 0.1) is 30.1 Å². The summed E-state index contributed by atoms with van der Waals surface area (Å²) in [6.07, 6.45) is 4.19. The first-order valence-electron chi connectivity index (χ1n) is 17.4. The maximum atomic E-state index is 14.1. The average Bonchev–Trinajstić information content (AvgIpc) is 3.44. The molecule has 0 radical (unpaired) electrons. The fraction of sp³-hybridized carbons (Fsp3) is 0.611. The fourth-order valence-electron chi connectivity index (χ4n) is 8.05. The Morgan fingerprint density at radius 1 is 0.979 bits per heavy atom. The van der Waals surface area contributed by atoms with E-state index in [0.29, 0.717) is 42.6 Å². The highest BCUT2D eigenvalue weighted by Gasteiger charge is 2.68. The largest absolute Gasteiger partial charge is 0.481 e. The normalized spacial score (nSPS) is 27.0.